The minimum absolute atomic E-state index is 0.143. The molecule has 0 aliphatic carbocycles. The van der Waals surface area contributed by atoms with Crippen molar-refractivity contribution in [2.24, 2.45) is 0 Å². The molecule has 1 aliphatic heterocycles. The standard InChI is InChI=1S/C13H20N4O3/c1-2-10-6-4-3-5-7-17(10)13(20)11-8-16(15-14-11)9-12(18)19/h8,10H,2-7,9H2,1H3,(H,18,19). The Labute approximate surface area is 117 Å². The number of nitrogens with zero attached hydrogens (tertiary/aromatic N) is 4. The molecule has 1 N–H and O–H groups in total. The van der Waals surface area contributed by atoms with Gasteiger partial charge in [-0.25, -0.2) is 4.68 Å². The third-order valence-corrected chi connectivity index (χ3v) is 3.66. The van der Waals surface area contributed by atoms with Crippen LogP contribution in [0.2, 0.25) is 0 Å². The second-order valence-corrected chi connectivity index (χ2v) is 5.11. The van der Waals surface area contributed by atoms with Crippen LogP contribution >= 0.6 is 0 Å². The summed E-state index contributed by atoms with van der Waals surface area (Å²) in [5.41, 5.74) is 0.228. The maximum Gasteiger partial charge on any atom is 0.325 e. The normalized spacial score (nSPS) is 19.6. The van der Waals surface area contributed by atoms with Crippen LogP contribution in [0.25, 0.3) is 0 Å². The molecule has 1 unspecified atom stereocenters. The molecule has 0 aromatic carbocycles. The van der Waals surface area contributed by atoms with E-state index in [0.717, 1.165) is 38.6 Å². The van der Waals surface area contributed by atoms with Crippen LogP contribution < -0.4 is 0 Å². The maximum absolute atomic E-state index is 12.5. The molecular formula is C13H20N4O3. The number of carbonyl (C=O) groups excluding carboxylic acids is 1. The molecule has 1 aliphatic rings. The molecule has 110 valence electrons. The van der Waals surface area contributed by atoms with Gasteiger partial charge in [-0.3, -0.25) is 9.59 Å². The van der Waals surface area contributed by atoms with E-state index in [-0.39, 0.29) is 24.2 Å². The van der Waals surface area contributed by atoms with E-state index >= 15 is 0 Å². The van der Waals surface area contributed by atoms with E-state index in [1.54, 1.807) is 0 Å². The monoisotopic (exact) mass is 280 g/mol. The Morgan fingerprint density at radius 3 is 2.90 bits per heavy atom. The van der Waals surface area contributed by atoms with Crippen LogP contribution in [0.15, 0.2) is 6.20 Å². The van der Waals surface area contributed by atoms with Crippen molar-refractivity contribution in [2.45, 2.75) is 51.6 Å². The molecule has 7 heteroatoms. The summed E-state index contributed by atoms with van der Waals surface area (Å²) in [5, 5.41) is 16.2. The fourth-order valence-electron chi connectivity index (χ4n) is 2.63. The van der Waals surface area contributed by atoms with E-state index in [1.807, 2.05) is 4.90 Å². The first-order valence-corrected chi connectivity index (χ1v) is 7.04. The van der Waals surface area contributed by atoms with Crippen molar-refractivity contribution in [2.75, 3.05) is 6.54 Å². The lowest BCUT2D eigenvalue weighted by Gasteiger charge is -2.28. The van der Waals surface area contributed by atoms with Gasteiger partial charge in [0.05, 0.1) is 6.20 Å². The highest BCUT2D eigenvalue weighted by Gasteiger charge is 2.26. The largest absolute Gasteiger partial charge is 0.480 e. The number of rotatable bonds is 4. The van der Waals surface area contributed by atoms with Gasteiger partial charge in [-0.05, 0) is 19.3 Å². The van der Waals surface area contributed by atoms with Gasteiger partial charge in [0.25, 0.3) is 5.91 Å². The van der Waals surface area contributed by atoms with Crippen LogP contribution in [0.3, 0.4) is 0 Å². The lowest BCUT2D eigenvalue weighted by Crippen LogP contribution is -2.39. The number of carboxylic acids is 1. The van der Waals surface area contributed by atoms with E-state index in [9.17, 15) is 9.59 Å². The number of hydrogen-bond donors (Lipinski definition) is 1. The highest BCUT2D eigenvalue weighted by atomic mass is 16.4. The molecular weight excluding hydrogens is 260 g/mol. The van der Waals surface area contributed by atoms with E-state index in [0.29, 0.717) is 0 Å². The zero-order valence-corrected chi connectivity index (χ0v) is 11.7. The maximum atomic E-state index is 12.5. The second-order valence-electron chi connectivity index (χ2n) is 5.11. The van der Waals surface area contributed by atoms with Crippen molar-refractivity contribution < 1.29 is 14.7 Å². The number of aromatic nitrogens is 3. The molecule has 0 bridgehead atoms. The van der Waals surface area contributed by atoms with E-state index in [1.165, 1.54) is 10.9 Å². The van der Waals surface area contributed by atoms with Gasteiger partial charge in [0.15, 0.2) is 5.69 Å². The van der Waals surface area contributed by atoms with Gasteiger partial charge in [-0.15, -0.1) is 5.10 Å². The van der Waals surface area contributed by atoms with Crippen molar-refractivity contribution in [1.82, 2.24) is 19.9 Å². The summed E-state index contributed by atoms with van der Waals surface area (Å²) in [6.07, 6.45) is 6.65. The van der Waals surface area contributed by atoms with E-state index in [4.69, 9.17) is 5.11 Å². The Bertz CT molecular complexity index is 486. The van der Waals surface area contributed by atoms with Crippen LogP contribution in [0.4, 0.5) is 0 Å². The molecule has 1 atom stereocenters. The molecule has 0 spiro atoms. The minimum Gasteiger partial charge on any atom is -0.480 e. The number of hydrogen-bond acceptors (Lipinski definition) is 4. The molecule has 1 saturated heterocycles. The van der Waals surface area contributed by atoms with Gasteiger partial charge in [0, 0.05) is 12.6 Å². The fraction of sp³-hybridized carbons (Fsp3) is 0.692. The Balaban J connectivity index is 2.11. The molecule has 20 heavy (non-hydrogen) atoms. The van der Waals surface area contributed by atoms with E-state index < -0.39 is 5.97 Å². The van der Waals surface area contributed by atoms with Crippen LogP contribution in [-0.4, -0.2) is 49.5 Å². The summed E-state index contributed by atoms with van der Waals surface area (Å²) < 4.78 is 1.17. The number of likely N-dealkylation sites (tertiary alicyclic amines) is 1. The quantitative estimate of drug-likeness (QED) is 0.894. The van der Waals surface area contributed by atoms with Crippen molar-refractivity contribution in [3.8, 4) is 0 Å². The smallest absolute Gasteiger partial charge is 0.325 e. The van der Waals surface area contributed by atoms with Crippen molar-refractivity contribution in [3.63, 3.8) is 0 Å². The predicted octanol–water partition coefficient (Wildman–Crippen LogP) is 1.16. The summed E-state index contributed by atoms with van der Waals surface area (Å²) in [5.74, 6) is -1.15. The van der Waals surface area contributed by atoms with Gasteiger partial charge in [-0.2, -0.15) is 0 Å². The van der Waals surface area contributed by atoms with Crippen molar-refractivity contribution >= 4 is 11.9 Å². The molecule has 7 nitrogen and oxygen atoms in total. The summed E-state index contributed by atoms with van der Waals surface area (Å²) in [6.45, 7) is 2.54. The summed E-state index contributed by atoms with van der Waals surface area (Å²) in [6, 6.07) is 0.245. The SMILES string of the molecule is CCC1CCCCCN1C(=O)c1cn(CC(=O)O)nn1. The van der Waals surface area contributed by atoms with Crippen LogP contribution in [0.5, 0.6) is 0 Å². The summed E-state index contributed by atoms with van der Waals surface area (Å²) in [7, 11) is 0. The predicted molar refractivity (Wildman–Crippen MR) is 71.2 cm³/mol. The highest BCUT2D eigenvalue weighted by molar-refractivity contribution is 5.92. The molecule has 1 amide bonds. The molecule has 1 fully saturated rings. The van der Waals surface area contributed by atoms with Gasteiger partial charge in [-0.1, -0.05) is 25.0 Å². The molecule has 1 aromatic rings. The molecule has 2 rings (SSSR count). The summed E-state index contributed by atoms with van der Waals surface area (Å²) in [4.78, 5) is 25.0. The Kier molecular flexibility index (Phi) is 4.70. The molecule has 1 aromatic heterocycles. The van der Waals surface area contributed by atoms with Gasteiger partial charge >= 0.3 is 5.97 Å². The Hall–Kier alpha value is -1.92. The first-order chi connectivity index (χ1) is 9.61. The zero-order chi connectivity index (χ0) is 14.5. The topological polar surface area (TPSA) is 88.3 Å². The average molecular weight is 280 g/mol. The fourth-order valence-corrected chi connectivity index (χ4v) is 2.63. The van der Waals surface area contributed by atoms with Crippen molar-refractivity contribution in [3.05, 3.63) is 11.9 Å². The van der Waals surface area contributed by atoms with Crippen LogP contribution in [0.1, 0.15) is 49.5 Å². The zero-order valence-electron chi connectivity index (χ0n) is 11.7. The second kappa shape index (κ2) is 6.49. The number of carboxylic acid groups (broad SMARTS) is 1. The number of carbonyl (C=O) groups is 2. The van der Waals surface area contributed by atoms with Crippen LogP contribution in [0, 0.1) is 0 Å². The lowest BCUT2D eigenvalue weighted by molar-refractivity contribution is -0.137. The summed E-state index contributed by atoms with van der Waals surface area (Å²) >= 11 is 0. The Morgan fingerprint density at radius 1 is 1.40 bits per heavy atom. The number of aliphatic carboxylic acids is 1. The lowest BCUT2D eigenvalue weighted by atomic mass is 10.1. The molecule has 0 radical (unpaired) electrons. The van der Waals surface area contributed by atoms with Gasteiger partial charge < -0.3 is 10.0 Å². The third kappa shape index (κ3) is 3.34. The minimum atomic E-state index is -1.00. The van der Waals surface area contributed by atoms with Crippen molar-refractivity contribution in [1.29, 1.82) is 0 Å². The number of amides is 1. The highest BCUT2D eigenvalue weighted by Crippen LogP contribution is 2.20. The van der Waals surface area contributed by atoms with Gasteiger partial charge in [0.1, 0.15) is 6.54 Å². The van der Waals surface area contributed by atoms with Crippen LogP contribution in [-0.2, 0) is 11.3 Å². The first-order valence-electron chi connectivity index (χ1n) is 7.04. The van der Waals surface area contributed by atoms with Gasteiger partial charge in [0.2, 0.25) is 0 Å². The third-order valence-electron chi connectivity index (χ3n) is 3.66. The van der Waals surface area contributed by atoms with E-state index in [2.05, 4.69) is 17.2 Å². The Morgan fingerprint density at radius 2 is 2.20 bits per heavy atom. The molecule has 2 heterocycles. The molecule has 0 saturated carbocycles. The first kappa shape index (κ1) is 14.5. The average Bonchev–Trinajstić information content (AvgIpc) is 2.74.